The van der Waals surface area contributed by atoms with Crippen LogP contribution in [0, 0.1) is 0 Å². The molecule has 0 saturated carbocycles. The lowest BCUT2D eigenvalue weighted by molar-refractivity contribution is 0.122. The maximum absolute atomic E-state index is 6.52. The van der Waals surface area contributed by atoms with Gasteiger partial charge in [0.15, 0.2) is 11.5 Å². The van der Waals surface area contributed by atoms with Crippen LogP contribution in [0.5, 0.6) is 11.5 Å². The third-order valence-corrected chi connectivity index (χ3v) is 5.52. The smallest absolute Gasteiger partial charge is 0.162 e. The van der Waals surface area contributed by atoms with E-state index < -0.39 is 0 Å². The van der Waals surface area contributed by atoms with Crippen LogP contribution in [0.2, 0.25) is 5.02 Å². The number of anilines is 2. The SMILES string of the molecule is COc1cc(CNc2ccc(N3CCOCC3)c(Cl)c2)c(Br)cc1OC(C)C. The summed E-state index contributed by atoms with van der Waals surface area (Å²) in [6, 6.07) is 10.0. The topological polar surface area (TPSA) is 43.0 Å². The van der Waals surface area contributed by atoms with E-state index in [1.807, 2.05) is 32.0 Å². The standard InChI is InChI=1S/C21H26BrClN2O3/c1-14(2)28-21-12-17(22)15(10-20(21)26-3)13-24-16-4-5-19(18(23)11-16)25-6-8-27-9-7-25/h4-5,10-12,14,24H,6-9,13H2,1-3H3. The number of nitrogens with zero attached hydrogens (tertiary/aromatic N) is 1. The minimum Gasteiger partial charge on any atom is -0.493 e. The monoisotopic (exact) mass is 468 g/mol. The molecule has 0 unspecified atom stereocenters. The van der Waals surface area contributed by atoms with Crippen LogP contribution in [0.25, 0.3) is 0 Å². The number of nitrogens with one attached hydrogen (secondary N) is 1. The van der Waals surface area contributed by atoms with E-state index >= 15 is 0 Å². The first-order valence-corrected chi connectivity index (χ1v) is 10.5. The van der Waals surface area contributed by atoms with Crippen molar-refractivity contribution in [2.24, 2.45) is 0 Å². The molecule has 5 nitrogen and oxygen atoms in total. The summed E-state index contributed by atoms with van der Waals surface area (Å²) in [5.74, 6) is 1.44. The molecule has 1 heterocycles. The lowest BCUT2D eigenvalue weighted by atomic mass is 10.2. The molecule has 2 aromatic rings. The van der Waals surface area contributed by atoms with Crippen molar-refractivity contribution in [2.45, 2.75) is 26.5 Å². The second-order valence-electron chi connectivity index (χ2n) is 6.88. The average molecular weight is 470 g/mol. The van der Waals surface area contributed by atoms with Crippen LogP contribution >= 0.6 is 27.5 Å². The molecule has 2 aromatic carbocycles. The van der Waals surface area contributed by atoms with Gasteiger partial charge in [-0.15, -0.1) is 0 Å². The van der Waals surface area contributed by atoms with Gasteiger partial charge in [-0.05, 0) is 49.7 Å². The number of halogens is 2. The largest absolute Gasteiger partial charge is 0.493 e. The van der Waals surface area contributed by atoms with Crippen LogP contribution in [0.1, 0.15) is 19.4 Å². The fraction of sp³-hybridized carbons (Fsp3) is 0.429. The van der Waals surface area contributed by atoms with Crippen LogP contribution in [0.3, 0.4) is 0 Å². The molecule has 1 fully saturated rings. The van der Waals surface area contributed by atoms with Gasteiger partial charge in [-0.1, -0.05) is 27.5 Å². The number of ether oxygens (including phenoxy) is 3. The Morgan fingerprint density at radius 1 is 1.18 bits per heavy atom. The lowest BCUT2D eigenvalue weighted by Gasteiger charge is -2.29. The van der Waals surface area contributed by atoms with Crippen molar-refractivity contribution in [3.63, 3.8) is 0 Å². The Morgan fingerprint density at radius 3 is 2.57 bits per heavy atom. The summed E-state index contributed by atoms with van der Waals surface area (Å²) in [4.78, 5) is 2.25. The maximum Gasteiger partial charge on any atom is 0.162 e. The number of morpholine rings is 1. The molecule has 0 amide bonds. The molecule has 0 aliphatic carbocycles. The Balaban J connectivity index is 1.70. The highest BCUT2D eigenvalue weighted by Gasteiger charge is 2.15. The van der Waals surface area contributed by atoms with E-state index in [1.165, 1.54) is 0 Å². The van der Waals surface area contributed by atoms with Crippen molar-refractivity contribution >= 4 is 38.9 Å². The Labute approximate surface area is 180 Å². The first-order valence-electron chi connectivity index (χ1n) is 9.37. The summed E-state index contributed by atoms with van der Waals surface area (Å²) in [6.07, 6.45) is 0.0805. The number of rotatable bonds is 7. The molecule has 0 spiro atoms. The average Bonchev–Trinajstić information content (AvgIpc) is 2.67. The highest BCUT2D eigenvalue weighted by Crippen LogP contribution is 2.35. The van der Waals surface area contributed by atoms with Crippen molar-refractivity contribution in [1.82, 2.24) is 0 Å². The lowest BCUT2D eigenvalue weighted by Crippen LogP contribution is -2.36. The van der Waals surface area contributed by atoms with Crippen molar-refractivity contribution in [1.29, 1.82) is 0 Å². The van der Waals surface area contributed by atoms with Gasteiger partial charge in [0.2, 0.25) is 0 Å². The predicted octanol–water partition coefficient (Wildman–Crippen LogP) is 5.35. The first kappa shape index (κ1) is 21.1. The van der Waals surface area contributed by atoms with Crippen molar-refractivity contribution in [2.75, 3.05) is 43.6 Å². The molecule has 1 aliphatic heterocycles. The molecule has 1 N–H and O–H groups in total. The van der Waals surface area contributed by atoms with Crippen molar-refractivity contribution in [3.05, 3.63) is 45.4 Å². The van der Waals surface area contributed by atoms with Gasteiger partial charge >= 0.3 is 0 Å². The molecule has 7 heteroatoms. The minimum absolute atomic E-state index is 0.0805. The molecule has 152 valence electrons. The number of benzene rings is 2. The van der Waals surface area contributed by atoms with Gasteiger partial charge in [0.1, 0.15) is 0 Å². The molecular weight excluding hydrogens is 444 g/mol. The molecule has 1 saturated heterocycles. The van der Waals surface area contributed by atoms with Gasteiger partial charge in [-0.2, -0.15) is 0 Å². The normalized spacial score (nSPS) is 14.3. The maximum atomic E-state index is 6.52. The first-order chi connectivity index (χ1) is 13.5. The summed E-state index contributed by atoms with van der Waals surface area (Å²) in [7, 11) is 1.65. The van der Waals surface area contributed by atoms with E-state index in [0.717, 1.165) is 64.2 Å². The minimum atomic E-state index is 0.0805. The Bertz CT molecular complexity index is 810. The number of hydrogen-bond acceptors (Lipinski definition) is 5. The molecule has 0 atom stereocenters. The molecule has 28 heavy (non-hydrogen) atoms. The second-order valence-corrected chi connectivity index (χ2v) is 8.14. The van der Waals surface area contributed by atoms with Crippen LogP contribution < -0.4 is 19.7 Å². The van der Waals surface area contributed by atoms with Crippen molar-refractivity contribution in [3.8, 4) is 11.5 Å². The molecule has 1 aliphatic rings. The quantitative estimate of drug-likeness (QED) is 0.592. The fourth-order valence-electron chi connectivity index (χ4n) is 3.09. The highest BCUT2D eigenvalue weighted by atomic mass is 79.9. The Kier molecular flexibility index (Phi) is 7.32. The van der Waals surface area contributed by atoms with Crippen LogP contribution in [0.4, 0.5) is 11.4 Å². The molecule has 0 bridgehead atoms. The van der Waals surface area contributed by atoms with Crippen LogP contribution in [0.15, 0.2) is 34.8 Å². The molecule has 0 aromatic heterocycles. The highest BCUT2D eigenvalue weighted by molar-refractivity contribution is 9.10. The Morgan fingerprint density at radius 2 is 1.93 bits per heavy atom. The van der Waals surface area contributed by atoms with Gasteiger partial charge in [0, 0.05) is 29.8 Å². The fourth-order valence-corrected chi connectivity index (χ4v) is 3.86. The van der Waals surface area contributed by atoms with Crippen LogP contribution in [-0.4, -0.2) is 39.5 Å². The van der Waals surface area contributed by atoms with Gasteiger partial charge in [-0.25, -0.2) is 0 Å². The number of methoxy groups -OCH3 is 1. The van der Waals surface area contributed by atoms with Crippen molar-refractivity contribution < 1.29 is 14.2 Å². The predicted molar refractivity (Wildman–Crippen MR) is 118 cm³/mol. The van der Waals surface area contributed by atoms with E-state index in [0.29, 0.717) is 6.54 Å². The zero-order valence-electron chi connectivity index (χ0n) is 16.4. The van der Waals surface area contributed by atoms with Crippen LogP contribution in [-0.2, 0) is 11.3 Å². The zero-order chi connectivity index (χ0) is 20.1. The zero-order valence-corrected chi connectivity index (χ0v) is 18.8. The van der Waals surface area contributed by atoms with E-state index in [1.54, 1.807) is 7.11 Å². The molecule has 0 radical (unpaired) electrons. The Hall–Kier alpha value is -1.63. The van der Waals surface area contributed by atoms with E-state index in [-0.39, 0.29) is 6.10 Å². The van der Waals surface area contributed by atoms with E-state index in [4.69, 9.17) is 25.8 Å². The van der Waals surface area contributed by atoms with Gasteiger partial charge in [-0.3, -0.25) is 0 Å². The third kappa shape index (κ3) is 5.25. The summed E-state index contributed by atoms with van der Waals surface area (Å²) in [6.45, 7) is 7.83. The summed E-state index contributed by atoms with van der Waals surface area (Å²) in [5, 5.41) is 4.17. The molecular formula is C21H26BrClN2O3. The number of hydrogen-bond donors (Lipinski definition) is 1. The summed E-state index contributed by atoms with van der Waals surface area (Å²) in [5.41, 5.74) is 3.09. The van der Waals surface area contributed by atoms with E-state index in [9.17, 15) is 0 Å². The molecule has 3 rings (SSSR count). The van der Waals surface area contributed by atoms with Gasteiger partial charge in [0.05, 0.1) is 37.1 Å². The summed E-state index contributed by atoms with van der Waals surface area (Å²) >= 11 is 10.2. The second kappa shape index (κ2) is 9.72. The van der Waals surface area contributed by atoms with Gasteiger partial charge in [0.25, 0.3) is 0 Å². The summed E-state index contributed by atoms with van der Waals surface area (Å²) < 4.78 is 17.7. The van der Waals surface area contributed by atoms with Gasteiger partial charge < -0.3 is 24.4 Å². The van der Waals surface area contributed by atoms with E-state index in [2.05, 4.69) is 38.3 Å². The third-order valence-electron chi connectivity index (χ3n) is 4.48.